The Bertz CT molecular complexity index is 1110. The van der Waals surface area contributed by atoms with E-state index in [2.05, 4.69) is 0 Å². The van der Waals surface area contributed by atoms with Crippen molar-refractivity contribution in [1.82, 2.24) is 0 Å². The largest absolute Gasteiger partial charge is 0.492 e. The van der Waals surface area contributed by atoms with Gasteiger partial charge in [-0.1, -0.05) is 0 Å². The molecule has 0 amide bonds. The number of hydrogen-bond donors (Lipinski definition) is 0. The van der Waals surface area contributed by atoms with Crippen LogP contribution < -0.4 is 4.74 Å². The third kappa shape index (κ3) is 3.32. The van der Waals surface area contributed by atoms with Crippen molar-refractivity contribution in [3.63, 3.8) is 0 Å². The van der Waals surface area contributed by atoms with E-state index in [1.54, 1.807) is 0 Å². The van der Waals surface area contributed by atoms with Crippen molar-refractivity contribution in [2.45, 2.75) is 25.0 Å². The van der Waals surface area contributed by atoms with Gasteiger partial charge < -0.3 is 28.4 Å². The van der Waals surface area contributed by atoms with Gasteiger partial charge >= 0.3 is 23.5 Å². The number of Topliss-reactive ketones (excluding diaryl/α,β-unsaturated/α-hetero) is 1. The Morgan fingerprint density at radius 1 is 0.909 bits per heavy atom. The summed E-state index contributed by atoms with van der Waals surface area (Å²) in [6.07, 6.45) is 0.978. The van der Waals surface area contributed by atoms with Crippen LogP contribution in [0.2, 0.25) is 0 Å². The number of ketones is 2. The van der Waals surface area contributed by atoms with E-state index in [0.29, 0.717) is 5.56 Å². The molecule has 174 valence electrons. The predicted octanol–water partition coefficient (Wildman–Crippen LogP) is 0.853. The summed E-state index contributed by atoms with van der Waals surface area (Å²) >= 11 is 0. The fourth-order valence-electron chi connectivity index (χ4n) is 3.78. The van der Waals surface area contributed by atoms with Crippen molar-refractivity contribution in [2.75, 3.05) is 21.3 Å². The second-order valence-electron chi connectivity index (χ2n) is 6.94. The Hall–Kier alpha value is -4.15. The summed E-state index contributed by atoms with van der Waals surface area (Å²) in [5, 5.41) is 0. The van der Waals surface area contributed by atoms with Gasteiger partial charge in [-0.25, -0.2) is 4.79 Å². The molecule has 0 fully saturated rings. The first-order chi connectivity index (χ1) is 15.6. The summed E-state index contributed by atoms with van der Waals surface area (Å²) in [7, 11) is 3.19. The Morgan fingerprint density at radius 3 is 2.03 bits per heavy atom. The maximum Gasteiger partial charge on any atom is 0.364 e. The van der Waals surface area contributed by atoms with E-state index in [9.17, 15) is 24.0 Å². The van der Waals surface area contributed by atoms with Crippen molar-refractivity contribution in [2.24, 2.45) is 0 Å². The minimum absolute atomic E-state index is 0.115. The highest BCUT2D eigenvalue weighted by Crippen LogP contribution is 2.52. The molecule has 0 aromatic heterocycles. The lowest BCUT2D eigenvalue weighted by Crippen LogP contribution is -2.66. The number of benzene rings is 1. The molecule has 33 heavy (non-hydrogen) atoms. The molecule has 3 rings (SSSR count). The Labute approximate surface area is 187 Å². The van der Waals surface area contributed by atoms with E-state index in [0.717, 1.165) is 34.3 Å². The van der Waals surface area contributed by atoms with Gasteiger partial charge in [0.05, 0.1) is 21.3 Å². The predicted molar refractivity (Wildman–Crippen MR) is 107 cm³/mol. The molecule has 0 radical (unpaired) electrons. The van der Waals surface area contributed by atoms with E-state index in [1.165, 1.54) is 31.2 Å². The molecule has 11 nitrogen and oxygen atoms in total. The molecule has 0 saturated carbocycles. The number of methoxy groups -OCH3 is 3. The minimum atomic E-state index is -2.74. The molecule has 0 saturated heterocycles. The van der Waals surface area contributed by atoms with Crippen LogP contribution in [-0.4, -0.2) is 62.0 Å². The smallest absolute Gasteiger partial charge is 0.364 e. The van der Waals surface area contributed by atoms with Crippen LogP contribution in [0.3, 0.4) is 0 Å². The van der Waals surface area contributed by atoms with Gasteiger partial charge in [-0.3, -0.25) is 19.2 Å². The van der Waals surface area contributed by atoms with Crippen molar-refractivity contribution < 1.29 is 52.4 Å². The van der Waals surface area contributed by atoms with Gasteiger partial charge in [0.25, 0.3) is 11.4 Å². The maximum absolute atomic E-state index is 13.4. The fourth-order valence-corrected chi connectivity index (χ4v) is 3.78. The molecule has 1 aliphatic heterocycles. The minimum Gasteiger partial charge on any atom is -0.492 e. The fraction of sp³-hybridized carbons (Fsp3) is 0.318. The zero-order valence-electron chi connectivity index (χ0n) is 18.4. The highest BCUT2D eigenvalue weighted by molar-refractivity contribution is 6.30. The SMILES string of the molecule is COC(=O)[C@@]1(OC(C)=O)C(OC)=C(OC)C(=O)[C@]12OC(c1ccc(OC(C)=O)cc1)=CC2=O. The van der Waals surface area contributed by atoms with Gasteiger partial charge in [0.15, 0.2) is 0 Å². The van der Waals surface area contributed by atoms with Crippen LogP contribution >= 0.6 is 0 Å². The molecular weight excluding hydrogens is 440 g/mol. The lowest BCUT2D eigenvalue weighted by molar-refractivity contribution is -0.202. The number of hydrogen-bond acceptors (Lipinski definition) is 11. The molecule has 11 heteroatoms. The van der Waals surface area contributed by atoms with Gasteiger partial charge in [0.1, 0.15) is 11.5 Å². The third-order valence-corrected chi connectivity index (χ3v) is 5.00. The molecule has 0 unspecified atom stereocenters. The first-order valence-electron chi connectivity index (χ1n) is 9.48. The number of carbonyl (C=O) groups excluding carboxylic acids is 5. The zero-order valence-corrected chi connectivity index (χ0v) is 18.4. The second-order valence-corrected chi connectivity index (χ2v) is 6.94. The molecule has 1 spiro atoms. The van der Waals surface area contributed by atoms with Crippen molar-refractivity contribution in [3.8, 4) is 5.75 Å². The lowest BCUT2D eigenvalue weighted by atomic mass is 9.80. The van der Waals surface area contributed by atoms with Gasteiger partial charge in [-0.15, -0.1) is 0 Å². The quantitative estimate of drug-likeness (QED) is 0.339. The highest BCUT2D eigenvalue weighted by atomic mass is 16.6. The molecule has 2 atom stereocenters. The molecule has 1 heterocycles. The summed E-state index contributed by atoms with van der Waals surface area (Å²) in [4.78, 5) is 62.9. The van der Waals surface area contributed by atoms with E-state index < -0.39 is 52.2 Å². The van der Waals surface area contributed by atoms with Crippen molar-refractivity contribution in [3.05, 3.63) is 47.4 Å². The highest BCUT2D eigenvalue weighted by Gasteiger charge is 2.81. The van der Waals surface area contributed by atoms with E-state index in [-0.39, 0.29) is 11.5 Å². The van der Waals surface area contributed by atoms with Crippen molar-refractivity contribution in [1.29, 1.82) is 0 Å². The van der Waals surface area contributed by atoms with Gasteiger partial charge in [0, 0.05) is 25.5 Å². The molecule has 1 aliphatic carbocycles. The Balaban J connectivity index is 2.17. The second kappa shape index (κ2) is 8.41. The molecular formula is C22H20O11. The first kappa shape index (κ1) is 23.5. The molecule has 1 aromatic rings. The first-order valence-corrected chi connectivity index (χ1v) is 9.48. The summed E-state index contributed by atoms with van der Waals surface area (Å²) in [6.45, 7) is 2.21. The zero-order chi connectivity index (χ0) is 24.6. The number of carbonyl (C=O) groups is 5. The van der Waals surface area contributed by atoms with Crippen LogP contribution in [0.5, 0.6) is 5.75 Å². The number of esters is 3. The Kier molecular flexibility index (Phi) is 5.99. The normalized spacial score (nSPS) is 23.7. The monoisotopic (exact) mass is 460 g/mol. The summed E-state index contributed by atoms with van der Waals surface area (Å²) in [5.41, 5.74) is -5.15. The topological polar surface area (TPSA) is 141 Å². The van der Waals surface area contributed by atoms with Crippen LogP contribution in [0.25, 0.3) is 5.76 Å². The molecule has 1 aromatic carbocycles. The number of rotatable bonds is 6. The number of ether oxygens (including phenoxy) is 6. The van der Waals surface area contributed by atoms with E-state index in [1.807, 2.05) is 0 Å². The summed E-state index contributed by atoms with van der Waals surface area (Å²) in [5.74, 6) is -5.91. The standard InChI is InChI=1S/C22H20O11/c1-11(23)31-14-8-6-13(7-9-14)15-10-16(25)21(33-15)18(26)17(28-3)19(29-4)22(21,20(27)30-5)32-12(2)24/h6-10H,1-5H3/t21-,22-/m0/s1. The molecule has 0 N–H and O–H groups in total. The van der Waals surface area contributed by atoms with Crippen LogP contribution in [0.4, 0.5) is 0 Å². The van der Waals surface area contributed by atoms with Crippen molar-refractivity contribution >= 4 is 35.2 Å². The Morgan fingerprint density at radius 2 is 1.55 bits per heavy atom. The maximum atomic E-state index is 13.4. The molecule has 2 aliphatic rings. The average molecular weight is 460 g/mol. The third-order valence-electron chi connectivity index (χ3n) is 5.00. The van der Waals surface area contributed by atoms with Crippen LogP contribution in [0.15, 0.2) is 41.9 Å². The van der Waals surface area contributed by atoms with Crippen LogP contribution in [0, 0.1) is 0 Å². The average Bonchev–Trinajstić information content (AvgIpc) is 3.22. The van der Waals surface area contributed by atoms with Gasteiger partial charge in [-0.2, -0.15) is 0 Å². The molecule has 0 bridgehead atoms. The van der Waals surface area contributed by atoms with E-state index >= 15 is 0 Å². The summed E-state index contributed by atoms with van der Waals surface area (Å²) < 4.78 is 31.2. The van der Waals surface area contributed by atoms with Gasteiger partial charge in [0.2, 0.25) is 17.3 Å². The van der Waals surface area contributed by atoms with E-state index in [4.69, 9.17) is 28.4 Å². The van der Waals surface area contributed by atoms with Crippen LogP contribution in [-0.2, 0) is 47.7 Å². The summed E-state index contributed by atoms with van der Waals surface area (Å²) in [6, 6.07) is 5.80. The lowest BCUT2D eigenvalue weighted by Gasteiger charge is -2.37. The van der Waals surface area contributed by atoms with Crippen LogP contribution in [0.1, 0.15) is 19.4 Å². The van der Waals surface area contributed by atoms with Gasteiger partial charge in [-0.05, 0) is 24.3 Å².